The van der Waals surface area contributed by atoms with Crippen LogP contribution in [0, 0.1) is 0 Å². The van der Waals surface area contributed by atoms with E-state index in [-0.39, 0.29) is 5.60 Å². The molecule has 0 bridgehead atoms. The number of aryl methyl sites for hydroxylation is 1. The molecule has 1 heterocycles. The van der Waals surface area contributed by atoms with Crippen LogP contribution in [0.4, 0.5) is 0 Å². The Hall–Kier alpha value is -0.940. The average molecular weight is 266 g/mol. The van der Waals surface area contributed by atoms with Crippen molar-refractivity contribution in [3.63, 3.8) is 0 Å². The molecule has 1 atom stereocenters. The molecule has 1 fully saturated rings. The summed E-state index contributed by atoms with van der Waals surface area (Å²) in [6.45, 7) is 3.11. The Balaban J connectivity index is 1.96. The first kappa shape index (κ1) is 14.5. The van der Waals surface area contributed by atoms with Crippen molar-refractivity contribution in [2.75, 3.05) is 14.2 Å². The predicted octanol–water partition coefficient (Wildman–Crippen LogP) is 1.78. The fourth-order valence-electron chi connectivity index (χ4n) is 2.85. The number of hydrogen-bond acceptors (Lipinski definition) is 4. The largest absolute Gasteiger partial charge is 0.378 e. The lowest BCUT2D eigenvalue weighted by atomic mass is 9.75. The number of hydrogen-bond donors (Lipinski definition) is 1. The van der Waals surface area contributed by atoms with Crippen LogP contribution in [-0.2, 0) is 17.7 Å². The average Bonchev–Trinajstić information content (AvgIpc) is 2.80. The summed E-state index contributed by atoms with van der Waals surface area (Å²) in [7, 11) is 3.86. The number of ether oxygens (including phenoxy) is 1. The van der Waals surface area contributed by atoms with Crippen molar-refractivity contribution in [3.05, 3.63) is 12.2 Å². The fraction of sp³-hybridized carbons (Fsp3) is 0.857. The Bertz CT molecular complexity index is 381. The van der Waals surface area contributed by atoms with Gasteiger partial charge < -0.3 is 10.1 Å². The monoisotopic (exact) mass is 266 g/mol. The quantitative estimate of drug-likeness (QED) is 0.779. The van der Waals surface area contributed by atoms with Gasteiger partial charge in [0, 0.05) is 26.1 Å². The standard InChI is InChI=1S/C14H26N4O/c1-4-8-18-13(16-11-17-18)9-12(15-2)10-14(19-3)6-5-7-14/h11-12,15H,4-10H2,1-3H3. The third kappa shape index (κ3) is 3.34. The molecule has 1 aliphatic rings. The Morgan fingerprint density at radius 2 is 2.32 bits per heavy atom. The lowest BCUT2D eigenvalue weighted by molar-refractivity contribution is -0.0831. The van der Waals surface area contributed by atoms with E-state index in [1.807, 2.05) is 18.8 Å². The van der Waals surface area contributed by atoms with E-state index >= 15 is 0 Å². The Kier molecular flexibility index (Phi) is 4.93. The van der Waals surface area contributed by atoms with E-state index in [4.69, 9.17) is 4.74 Å². The van der Waals surface area contributed by atoms with Gasteiger partial charge in [-0.3, -0.25) is 4.68 Å². The SMILES string of the molecule is CCCn1ncnc1CC(CC1(OC)CCC1)NC. The van der Waals surface area contributed by atoms with Crippen LogP contribution >= 0.6 is 0 Å². The Labute approximate surface area is 115 Å². The van der Waals surface area contributed by atoms with Gasteiger partial charge in [-0.05, 0) is 39.2 Å². The number of aromatic nitrogens is 3. The molecular formula is C14H26N4O. The molecule has 108 valence electrons. The van der Waals surface area contributed by atoms with E-state index < -0.39 is 0 Å². The minimum Gasteiger partial charge on any atom is -0.378 e. The van der Waals surface area contributed by atoms with Crippen LogP contribution in [0.1, 0.15) is 44.9 Å². The summed E-state index contributed by atoms with van der Waals surface area (Å²) in [6, 6.07) is 0.403. The predicted molar refractivity (Wildman–Crippen MR) is 75.1 cm³/mol. The molecule has 19 heavy (non-hydrogen) atoms. The molecule has 1 aliphatic carbocycles. The number of nitrogens with zero attached hydrogens (tertiary/aromatic N) is 3. The molecule has 2 rings (SSSR count). The smallest absolute Gasteiger partial charge is 0.138 e. The van der Waals surface area contributed by atoms with Gasteiger partial charge in [-0.15, -0.1) is 0 Å². The van der Waals surface area contributed by atoms with Gasteiger partial charge in [0.05, 0.1) is 5.60 Å². The van der Waals surface area contributed by atoms with Crippen molar-refractivity contribution in [2.45, 2.75) is 63.6 Å². The van der Waals surface area contributed by atoms with Crippen LogP contribution in [0.15, 0.2) is 6.33 Å². The van der Waals surface area contributed by atoms with Crippen LogP contribution < -0.4 is 5.32 Å². The van der Waals surface area contributed by atoms with Crippen LogP contribution in [0.5, 0.6) is 0 Å². The summed E-state index contributed by atoms with van der Waals surface area (Å²) in [5.74, 6) is 1.08. The van der Waals surface area contributed by atoms with E-state index in [1.165, 1.54) is 19.3 Å². The minimum absolute atomic E-state index is 0.100. The molecule has 5 heteroatoms. The maximum Gasteiger partial charge on any atom is 0.138 e. The second-order valence-corrected chi connectivity index (χ2v) is 5.53. The van der Waals surface area contributed by atoms with Gasteiger partial charge in [-0.25, -0.2) is 4.98 Å². The molecule has 1 N–H and O–H groups in total. The third-order valence-electron chi connectivity index (χ3n) is 4.28. The normalized spacial score (nSPS) is 19.1. The van der Waals surface area contributed by atoms with E-state index in [2.05, 4.69) is 22.3 Å². The summed E-state index contributed by atoms with van der Waals surface area (Å²) < 4.78 is 7.74. The first-order chi connectivity index (χ1) is 9.23. The first-order valence-corrected chi connectivity index (χ1v) is 7.32. The molecule has 0 radical (unpaired) electrons. The second kappa shape index (κ2) is 6.48. The van der Waals surface area contributed by atoms with Crippen molar-refractivity contribution < 1.29 is 4.74 Å². The highest BCUT2D eigenvalue weighted by Crippen LogP contribution is 2.39. The highest BCUT2D eigenvalue weighted by Gasteiger charge is 2.38. The summed E-state index contributed by atoms with van der Waals surface area (Å²) in [5.41, 5.74) is 0.100. The lowest BCUT2D eigenvalue weighted by Gasteiger charge is -2.42. The summed E-state index contributed by atoms with van der Waals surface area (Å²) in [6.07, 6.45) is 8.37. The Morgan fingerprint density at radius 1 is 1.53 bits per heavy atom. The zero-order valence-electron chi connectivity index (χ0n) is 12.4. The van der Waals surface area contributed by atoms with Gasteiger partial charge in [-0.1, -0.05) is 6.92 Å². The van der Waals surface area contributed by atoms with Gasteiger partial charge in [0.15, 0.2) is 0 Å². The maximum absolute atomic E-state index is 5.72. The molecular weight excluding hydrogens is 240 g/mol. The first-order valence-electron chi connectivity index (χ1n) is 7.32. The molecule has 0 aliphatic heterocycles. The summed E-state index contributed by atoms with van der Waals surface area (Å²) in [5, 5.41) is 7.70. The number of nitrogens with one attached hydrogen (secondary N) is 1. The molecule has 1 aromatic heterocycles. The van der Waals surface area contributed by atoms with Crippen molar-refractivity contribution in [1.82, 2.24) is 20.1 Å². The van der Waals surface area contributed by atoms with Crippen molar-refractivity contribution in [2.24, 2.45) is 0 Å². The zero-order valence-corrected chi connectivity index (χ0v) is 12.4. The number of rotatable bonds is 8. The van der Waals surface area contributed by atoms with E-state index in [0.29, 0.717) is 6.04 Å². The third-order valence-corrected chi connectivity index (χ3v) is 4.28. The summed E-state index contributed by atoms with van der Waals surface area (Å²) >= 11 is 0. The molecule has 1 unspecified atom stereocenters. The molecule has 0 aromatic carbocycles. The zero-order chi connectivity index (χ0) is 13.7. The molecule has 0 spiro atoms. The Morgan fingerprint density at radius 3 is 2.84 bits per heavy atom. The second-order valence-electron chi connectivity index (χ2n) is 5.53. The minimum atomic E-state index is 0.100. The van der Waals surface area contributed by atoms with Gasteiger partial charge >= 0.3 is 0 Å². The highest BCUT2D eigenvalue weighted by atomic mass is 16.5. The van der Waals surface area contributed by atoms with Gasteiger partial charge in [0.1, 0.15) is 12.2 Å². The molecule has 1 saturated carbocycles. The molecule has 0 amide bonds. The topological polar surface area (TPSA) is 52.0 Å². The van der Waals surface area contributed by atoms with Crippen LogP contribution in [0.25, 0.3) is 0 Å². The summed E-state index contributed by atoms with van der Waals surface area (Å²) in [4.78, 5) is 4.39. The van der Waals surface area contributed by atoms with E-state index in [0.717, 1.165) is 31.6 Å². The highest BCUT2D eigenvalue weighted by molar-refractivity contribution is 4.97. The van der Waals surface area contributed by atoms with Crippen LogP contribution in [0.3, 0.4) is 0 Å². The van der Waals surface area contributed by atoms with Crippen molar-refractivity contribution in [3.8, 4) is 0 Å². The van der Waals surface area contributed by atoms with Gasteiger partial charge in [0.25, 0.3) is 0 Å². The van der Waals surface area contributed by atoms with Gasteiger partial charge in [0.2, 0.25) is 0 Å². The van der Waals surface area contributed by atoms with E-state index in [1.54, 1.807) is 6.33 Å². The molecule has 1 aromatic rings. The van der Waals surface area contributed by atoms with Crippen molar-refractivity contribution in [1.29, 1.82) is 0 Å². The van der Waals surface area contributed by atoms with Gasteiger partial charge in [-0.2, -0.15) is 5.10 Å². The lowest BCUT2D eigenvalue weighted by Crippen LogP contribution is -2.46. The van der Waals surface area contributed by atoms with Crippen molar-refractivity contribution >= 4 is 0 Å². The number of methoxy groups -OCH3 is 1. The molecule has 0 saturated heterocycles. The fourth-order valence-corrected chi connectivity index (χ4v) is 2.85. The van der Waals surface area contributed by atoms with Crippen LogP contribution in [0.2, 0.25) is 0 Å². The van der Waals surface area contributed by atoms with E-state index in [9.17, 15) is 0 Å². The van der Waals surface area contributed by atoms with Crippen LogP contribution in [-0.4, -0.2) is 40.6 Å². The maximum atomic E-state index is 5.72. The number of likely N-dealkylation sites (N-methyl/N-ethyl adjacent to an activating group) is 1. The molecule has 5 nitrogen and oxygen atoms in total.